The SMILES string of the molecule is O=C(CCc1nc2ccccc2[nH]1)N1C[C@@H](O)[C@H](N2CCOCC2)C1. The zero-order chi connectivity index (χ0) is 17.2. The van der Waals surface area contributed by atoms with Crippen LogP contribution in [0.4, 0.5) is 0 Å². The average Bonchev–Trinajstić information content (AvgIpc) is 3.23. The van der Waals surface area contributed by atoms with Crippen LogP contribution in [0, 0.1) is 0 Å². The number of hydrogen-bond acceptors (Lipinski definition) is 5. The van der Waals surface area contributed by atoms with Crippen molar-refractivity contribution in [3.63, 3.8) is 0 Å². The van der Waals surface area contributed by atoms with Crippen LogP contribution in [-0.4, -0.2) is 82.3 Å². The molecule has 2 N–H and O–H groups in total. The van der Waals surface area contributed by atoms with Gasteiger partial charge < -0.3 is 19.7 Å². The van der Waals surface area contributed by atoms with Gasteiger partial charge in [0.05, 0.1) is 36.4 Å². The van der Waals surface area contributed by atoms with E-state index in [4.69, 9.17) is 4.74 Å². The number of nitrogens with zero attached hydrogens (tertiary/aromatic N) is 3. The first-order valence-electron chi connectivity index (χ1n) is 8.92. The first kappa shape index (κ1) is 16.5. The van der Waals surface area contributed by atoms with E-state index in [1.807, 2.05) is 24.3 Å². The molecule has 0 bridgehead atoms. The third-order valence-corrected chi connectivity index (χ3v) is 5.14. The first-order chi connectivity index (χ1) is 12.2. The van der Waals surface area contributed by atoms with Crippen molar-refractivity contribution in [3.05, 3.63) is 30.1 Å². The molecule has 134 valence electrons. The van der Waals surface area contributed by atoms with Crippen molar-refractivity contribution in [2.45, 2.75) is 25.0 Å². The molecule has 1 aromatic carbocycles. The number of aromatic amines is 1. The number of aryl methyl sites for hydroxylation is 1. The lowest BCUT2D eigenvalue weighted by atomic mass is 10.1. The smallest absolute Gasteiger partial charge is 0.223 e. The first-order valence-corrected chi connectivity index (χ1v) is 8.92. The summed E-state index contributed by atoms with van der Waals surface area (Å²) in [6, 6.07) is 7.89. The maximum Gasteiger partial charge on any atom is 0.223 e. The van der Waals surface area contributed by atoms with Gasteiger partial charge in [-0.15, -0.1) is 0 Å². The minimum absolute atomic E-state index is 0.0269. The van der Waals surface area contributed by atoms with Gasteiger partial charge in [0.1, 0.15) is 5.82 Å². The van der Waals surface area contributed by atoms with Crippen molar-refractivity contribution >= 4 is 16.9 Å². The number of β-amino-alcohol motifs (C(OH)–C–C–N with tert-alkyl or cyclic N) is 1. The van der Waals surface area contributed by atoms with Gasteiger partial charge in [0.25, 0.3) is 0 Å². The second-order valence-electron chi connectivity index (χ2n) is 6.78. The van der Waals surface area contributed by atoms with Crippen LogP contribution in [0.2, 0.25) is 0 Å². The molecule has 0 spiro atoms. The lowest BCUT2D eigenvalue weighted by Crippen LogP contribution is -2.49. The van der Waals surface area contributed by atoms with E-state index in [1.54, 1.807) is 4.90 Å². The van der Waals surface area contributed by atoms with Gasteiger partial charge in [-0.05, 0) is 12.1 Å². The number of amides is 1. The molecule has 2 fully saturated rings. The molecule has 1 aromatic heterocycles. The molecule has 2 aromatic rings. The van der Waals surface area contributed by atoms with E-state index in [9.17, 15) is 9.90 Å². The highest BCUT2D eigenvalue weighted by atomic mass is 16.5. The third kappa shape index (κ3) is 3.53. The predicted molar refractivity (Wildman–Crippen MR) is 93.2 cm³/mol. The molecule has 4 rings (SSSR count). The summed E-state index contributed by atoms with van der Waals surface area (Å²) in [5, 5.41) is 10.3. The number of rotatable bonds is 4. The Morgan fingerprint density at radius 3 is 2.88 bits per heavy atom. The molecule has 2 aliphatic heterocycles. The quantitative estimate of drug-likeness (QED) is 0.839. The van der Waals surface area contributed by atoms with Gasteiger partial charge in [0.15, 0.2) is 0 Å². The van der Waals surface area contributed by atoms with Crippen LogP contribution in [0.1, 0.15) is 12.2 Å². The van der Waals surface area contributed by atoms with E-state index < -0.39 is 6.10 Å². The normalized spacial score (nSPS) is 24.9. The maximum absolute atomic E-state index is 12.5. The Labute approximate surface area is 146 Å². The minimum Gasteiger partial charge on any atom is -0.390 e. The molecule has 0 saturated carbocycles. The molecule has 0 aliphatic carbocycles. The fraction of sp³-hybridized carbons (Fsp3) is 0.556. The highest BCUT2D eigenvalue weighted by Gasteiger charge is 2.37. The number of likely N-dealkylation sites (tertiary alicyclic amines) is 1. The van der Waals surface area contributed by atoms with Crippen LogP contribution in [0.5, 0.6) is 0 Å². The van der Waals surface area contributed by atoms with Crippen molar-refractivity contribution in [1.29, 1.82) is 0 Å². The van der Waals surface area contributed by atoms with Gasteiger partial charge in [-0.3, -0.25) is 9.69 Å². The number of hydrogen-bond donors (Lipinski definition) is 2. The molecular formula is C18H24N4O3. The number of ether oxygens (including phenoxy) is 1. The van der Waals surface area contributed by atoms with Crippen LogP contribution in [0.3, 0.4) is 0 Å². The fourth-order valence-corrected chi connectivity index (χ4v) is 3.75. The van der Waals surface area contributed by atoms with E-state index in [1.165, 1.54) is 0 Å². The lowest BCUT2D eigenvalue weighted by Gasteiger charge is -2.33. The zero-order valence-corrected chi connectivity index (χ0v) is 14.2. The van der Waals surface area contributed by atoms with Gasteiger partial charge in [0.2, 0.25) is 5.91 Å². The largest absolute Gasteiger partial charge is 0.390 e. The van der Waals surface area contributed by atoms with E-state index in [2.05, 4.69) is 14.9 Å². The summed E-state index contributed by atoms with van der Waals surface area (Å²) < 4.78 is 5.37. The molecule has 2 saturated heterocycles. The zero-order valence-electron chi connectivity index (χ0n) is 14.2. The van der Waals surface area contributed by atoms with E-state index in [-0.39, 0.29) is 11.9 Å². The van der Waals surface area contributed by atoms with E-state index in [0.29, 0.717) is 39.1 Å². The summed E-state index contributed by atoms with van der Waals surface area (Å²) in [5.41, 5.74) is 1.92. The molecule has 0 unspecified atom stereocenters. The Hall–Kier alpha value is -1.96. The van der Waals surface area contributed by atoms with E-state index >= 15 is 0 Å². The summed E-state index contributed by atoms with van der Waals surface area (Å²) in [5.74, 6) is 0.911. The van der Waals surface area contributed by atoms with Gasteiger partial charge in [0, 0.05) is 39.0 Å². The highest BCUT2D eigenvalue weighted by Crippen LogP contribution is 2.19. The number of fused-ring (bicyclic) bond motifs is 1. The monoisotopic (exact) mass is 344 g/mol. The van der Waals surface area contributed by atoms with Gasteiger partial charge in [-0.1, -0.05) is 12.1 Å². The van der Waals surface area contributed by atoms with Gasteiger partial charge in [-0.2, -0.15) is 0 Å². The van der Waals surface area contributed by atoms with Crippen molar-refractivity contribution in [3.8, 4) is 0 Å². The third-order valence-electron chi connectivity index (χ3n) is 5.14. The molecule has 2 aliphatic rings. The Kier molecular flexibility index (Phi) is 4.70. The number of nitrogens with one attached hydrogen (secondary N) is 1. The van der Waals surface area contributed by atoms with Gasteiger partial charge in [-0.25, -0.2) is 4.98 Å². The van der Waals surface area contributed by atoms with Crippen LogP contribution < -0.4 is 0 Å². The Balaban J connectivity index is 1.33. The molecule has 7 nitrogen and oxygen atoms in total. The average molecular weight is 344 g/mol. The van der Waals surface area contributed by atoms with Crippen molar-refractivity contribution in [2.75, 3.05) is 39.4 Å². The Bertz CT molecular complexity index is 708. The summed E-state index contributed by atoms with van der Waals surface area (Å²) in [4.78, 5) is 24.3. The number of imidazole rings is 1. The molecule has 3 heterocycles. The number of para-hydroxylation sites is 2. The van der Waals surface area contributed by atoms with Crippen LogP contribution in [-0.2, 0) is 16.0 Å². The molecule has 7 heteroatoms. The van der Waals surface area contributed by atoms with Crippen molar-refractivity contribution < 1.29 is 14.6 Å². The number of aliphatic hydroxyl groups is 1. The second kappa shape index (κ2) is 7.11. The second-order valence-corrected chi connectivity index (χ2v) is 6.78. The number of carbonyl (C=O) groups is 1. The number of morpholine rings is 1. The Morgan fingerprint density at radius 1 is 1.28 bits per heavy atom. The number of benzene rings is 1. The van der Waals surface area contributed by atoms with Crippen LogP contribution >= 0.6 is 0 Å². The number of H-pyrrole nitrogens is 1. The molecule has 25 heavy (non-hydrogen) atoms. The van der Waals surface area contributed by atoms with Crippen LogP contribution in [0.25, 0.3) is 11.0 Å². The summed E-state index contributed by atoms with van der Waals surface area (Å²) >= 11 is 0. The topological polar surface area (TPSA) is 81.7 Å². The minimum atomic E-state index is -0.478. The van der Waals surface area contributed by atoms with Crippen molar-refractivity contribution in [2.24, 2.45) is 0 Å². The summed E-state index contributed by atoms with van der Waals surface area (Å²) in [6.07, 6.45) is 0.512. The summed E-state index contributed by atoms with van der Waals surface area (Å²) in [6.45, 7) is 4.05. The highest BCUT2D eigenvalue weighted by molar-refractivity contribution is 5.77. The standard InChI is InChI=1S/C18H24N4O3/c23-16-12-22(11-15(16)21-7-9-25-10-8-21)18(24)6-5-17-19-13-3-1-2-4-14(13)20-17/h1-4,15-16,23H,5-12H2,(H,19,20)/t15-,16-/m1/s1. The van der Waals surface area contributed by atoms with Crippen molar-refractivity contribution in [1.82, 2.24) is 19.8 Å². The maximum atomic E-state index is 12.5. The molecule has 1 amide bonds. The molecule has 0 radical (unpaired) electrons. The number of aromatic nitrogens is 2. The van der Waals surface area contributed by atoms with E-state index in [0.717, 1.165) is 29.9 Å². The number of aliphatic hydroxyl groups excluding tert-OH is 1. The molecular weight excluding hydrogens is 320 g/mol. The van der Waals surface area contributed by atoms with Crippen LogP contribution in [0.15, 0.2) is 24.3 Å². The number of carbonyl (C=O) groups excluding carboxylic acids is 1. The predicted octanol–water partition coefficient (Wildman–Crippen LogP) is 0.399. The fourth-order valence-electron chi connectivity index (χ4n) is 3.75. The summed E-state index contributed by atoms with van der Waals surface area (Å²) in [7, 11) is 0. The Morgan fingerprint density at radius 2 is 2.08 bits per heavy atom. The molecule has 2 atom stereocenters. The van der Waals surface area contributed by atoms with Gasteiger partial charge >= 0.3 is 0 Å². The lowest BCUT2D eigenvalue weighted by molar-refractivity contribution is -0.130.